The van der Waals surface area contributed by atoms with Crippen molar-refractivity contribution in [3.63, 3.8) is 0 Å². The van der Waals surface area contributed by atoms with E-state index < -0.39 is 10.2 Å². The molecule has 0 aliphatic carbocycles. The Balaban J connectivity index is 2.17. The molecule has 1 saturated heterocycles. The Hall–Kier alpha value is -0.820. The third-order valence-corrected chi connectivity index (χ3v) is 4.99. The molecule has 2 N–H and O–H groups in total. The highest BCUT2D eigenvalue weighted by atomic mass is 35.5. The number of nitrogens with one attached hydrogen (secondary N) is 1. The number of aliphatic hydroxyl groups excluding tert-OH is 1. The van der Waals surface area contributed by atoms with Gasteiger partial charge in [0.2, 0.25) is 0 Å². The van der Waals surface area contributed by atoms with Gasteiger partial charge in [0.25, 0.3) is 0 Å². The van der Waals surface area contributed by atoms with Crippen molar-refractivity contribution >= 4 is 27.5 Å². The van der Waals surface area contributed by atoms with Gasteiger partial charge < -0.3 is 5.11 Å². The summed E-state index contributed by atoms with van der Waals surface area (Å²) in [6, 6.07) is 6.21. The first-order valence-corrected chi connectivity index (χ1v) is 8.01. The van der Waals surface area contributed by atoms with Crippen molar-refractivity contribution in [2.24, 2.45) is 0 Å². The van der Waals surface area contributed by atoms with E-state index in [0.717, 1.165) is 12.8 Å². The molecular formula is C12H17ClN2O3S. The van der Waals surface area contributed by atoms with Crippen molar-refractivity contribution in [3.8, 4) is 0 Å². The highest BCUT2D eigenvalue weighted by Gasteiger charge is 2.31. The lowest BCUT2D eigenvalue weighted by molar-refractivity contribution is 0.156. The number of rotatable bonds is 4. The second-order valence-electron chi connectivity index (χ2n) is 4.56. The molecule has 1 aromatic carbocycles. The molecule has 7 heteroatoms. The van der Waals surface area contributed by atoms with Crippen molar-refractivity contribution in [2.75, 3.05) is 17.9 Å². The molecule has 0 bridgehead atoms. The number of aliphatic hydroxyl groups is 1. The molecule has 1 aliphatic rings. The standard InChI is InChI=1S/C12H17ClN2O3S/c13-10-4-3-5-11(8-10)14-19(17,18)15-7-2-1-6-12(15)9-16/h3-5,8,12,14,16H,1-2,6-7,9H2. The molecule has 1 aromatic rings. The third-order valence-electron chi connectivity index (χ3n) is 3.16. The summed E-state index contributed by atoms with van der Waals surface area (Å²) in [6.45, 7) is 0.275. The summed E-state index contributed by atoms with van der Waals surface area (Å²) in [7, 11) is -3.65. The molecule has 2 rings (SSSR count). The van der Waals surface area contributed by atoms with Crippen molar-refractivity contribution in [2.45, 2.75) is 25.3 Å². The maximum absolute atomic E-state index is 12.3. The minimum absolute atomic E-state index is 0.156. The maximum Gasteiger partial charge on any atom is 0.301 e. The van der Waals surface area contributed by atoms with E-state index in [1.165, 1.54) is 4.31 Å². The van der Waals surface area contributed by atoms with Crippen LogP contribution < -0.4 is 4.72 Å². The lowest BCUT2D eigenvalue weighted by Gasteiger charge is -2.33. The van der Waals surface area contributed by atoms with Gasteiger partial charge in [0, 0.05) is 17.6 Å². The predicted octanol–water partition coefficient (Wildman–Crippen LogP) is 1.84. The Morgan fingerprint density at radius 1 is 1.42 bits per heavy atom. The molecule has 1 aliphatic heterocycles. The molecule has 106 valence electrons. The van der Waals surface area contributed by atoms with Crippen molar-refractivity contribution in [1.29, 1.82) is 0 Å². The first-order valence-electron chi connectivity index (χ1n) is 6.19. The van der Waals surface area contributed by atoms with Crippen molar-refractivity contribution in [1.82, 2.24) is 4.31 Å². The molecule has 1 atom stereocenters. The second-order valence-corrected chi connectivity index (χ2v) is 6.62. The Morgan fingerprint density at radius 3 is 2.89 bits per heavy atom. The monoisotopic (exact) mass is 304 g/mol. The fraction of sp³-hybridized carbons (Fsp3) is 0.500. The lowest BCUT2D eigenvalue weighted by atomic mass is 10.1. The van der Waals surface area contributed by atoms with E-state index in [1.54, 1.807) is 24.3 Å². The van der Waals surface area contributed by atoms with Crippen LogP contribution in [0.25, 0.3) is 0 Å². The fourth-order valence-electron chi connectivity index (χ4n) is 2.23. The molecule has 0 saturated carbocycles. The van der Waals surface area contributed by atoms with Gasteiger partial charge >= 0.3 is 10.2 Å². The van der Waals surface area contributed by atoms with Crippen LogP contribution in [0.5, 0.6) is 0 Å². The van der Waals surface area contributed by atoms with Crippen LogP contribution in [0.1, 0.15) is 19.3 Å². The molecule has 0 radical (unpaired) electrons. The SMILES string of the molecule is O=S(=O)(Nc1cccc(Cl)c1)N1CCCCC1CO. The number of benzene rings is 1. The summed E-state index contributed by atoms with van der Waals surface area (Å²) in [5.74, 6) is 0. The van der Waals surface area contributed by atoms with Gasteiger partial charge in [-0.05, 0) is 31.0 Å². The van der Waals surface area contributed by atoms with Gasteiger partial charge in [-0.3, -0.25) is 4.72 Å². The number of halogens is 1. The Labute approximate surface area is 118 Å². The van der Waals surface area contributed by atoms with Crippen molar-refractivity contribution < 1.29 is 13.5 Å². The van der Waals surface area contributed by atoms with Crippen LogP contribution >= 0.6 is 11.6 Å². The molecular weight excluding hydrogens is 288 g/mol. The molecule has 1 heterocycles. The van der Waals surface area contributed by atoms with E-state index in [1.807, 2.05) is 0 Å². The Morgan fingerprint density at radius 2 is 2.21 bits per heavy atom. The molecule has 19 heavy (non-hydrogen) atoms. The first-order chi connectivity index (χ1) is 9.03. The summed E-state index contributed by atoms with van der Waals surface area (Å²) in [4.78, 5) is 0. The minimum Gasteiger partial charge on any atom is -0.395 e. The average Bonchev–Trinajstić information content (AvgIpc) is 2.38. The summed E-state index contributed by atoms with van der Waals surface area (Å²) >= 11 is 5.83. The maximum atomic E-state index is 12.3. The number of piperidine rings is 1. The minimum atomic E-state index is -3.65. The van der Waals surface area contributed by atoms with Crippen LogP contribution in [0, 0.1) is 0 Å². The van der Waals surface area contributed by atoms with Crippen LogP contribution in [0.15, 0.2) is 24.3 Å². The molecule has 0 spiro atoms. The van der Waals surface area contributed by atoms with E-state index >= 15 is 0 Å². The normalized spacial score (nSPS) is 21.3. The van der Waals surface area contributed by atoms with E-state index in [0.29, 0.717) is 23.7 Å². The summed E-state index contributed by atoms with van der Waals surface area (Å²) in [6.07, 6.45) is 2.44. The number of nitrogens with zero attached hydrogens (tertiary/aromatic N) is 1. The number of anilines is 1. The number of hydrogen-bond acceptors (Lipinski definition) is 3. The zero-order chi connectivity index (χ0) is 13.9. The van der Waals surface area contributed by atoms with Crippen LogP contribution in [0.2, 0.25) is 5.02 Å². The highest BCUT2D eigenvalue weighted by molar-refractivity contribution is 7.90. The van der Waals surface area contributed by atoms with Gasteiger partial charge in [-0.15, -0.1) is 0 Å². The van der Waals surface area contributed by atoms with Gasteiger partial charge in [-0.2, -0.15) is 12.7 Å². The van der Waals surface area contributed by atoms with Gasteiger partial charge in [-0.25, -0.2) is 0 Å². The van der Waals surface area contributed by atoms with Gasteiger partial charge in [-0.1, -0.05) is 24.1 Å². The first kappa shape index (κ1) is 14.6. The average molecular weight is 305 g/mol. The molecule has 5 nitrogen and oxygen atoms in total. The largest absolute Gasteiger partial charge is 0.395 e. The Kier molecular flexibility index (Phi) is 4.67. The van der Waals surface area contributed by atoms with Crippen LogP contribution in [-0.2, 0) is 10.2 Å². The van der Waals surface area contributed by atoms with Crippen molar-refractivity contribution in [3.05, 3.63) is 29.3 Å². The predicted molar refractivity (Wildman–Crippen MR) is 75.4 cm³/mol. The number of hydrogen-bond donors (Lipinski definition) is 2. The molecule has 0 amide bonds. The van der Waals surface area contributed by atoms with Gasteiger partial charge in [0.1, 0.15) is 0 Å². The summed E-state index contributed by atoms with van der Waals surface area (Å²) in [5.41, 5.74) is 0.426. The zero-order valence-electron chi connectivity index (χ0n) is 10.4. The van der Waals surface area contributed by atoms with Crippen LogP contribution in [-0.4, -0.2) is 37.0 Å². The van der Waals surface area contributed by atoms with E-state index in [4.69, 9.17) is 11.6 Å². The van der Waals surface area contributed by atoms with E-state index in [-0.39, 0.29) is 12.6 Å². The van der Waals surface area contributed by atoms with Crippen LogP contribution in [0.3, 0.4) is 0 Å². The quantitative estimate of drug-likeness (QED) is 0.892. The van der Waals surface area contributed by atoms with E-state index in [2.05, 4.69) is 4.72 Å². The van der Waals surface area contributed by atoms with E-state index in [9.17, 15) is 13.5 Å². The van der Waals surface area contributed by atoms with Gasteiger partial charge in [0.05, 0.1) is 12.3 Å². The Bertz CT molecular complexity index is 536. The third kappa shape index (κ3) is 3.60. The fourth-order valence-corrected chi connectivity index (χ4v) is 3.90. The lowest BCUT2D eigenvalue weighted by Crippen LogP contribution is -2.47. The van der Waals surface area contributed by atoms with Gasteiger partial charge in [0.15, 0.2) is 0 Å². The zero-order valence-corrected chi connectivity index (χ0v) is 12.0. The van der Waals surface area contributed by atoms with Crippen LogP contribution in [0.4, 0.5) is 5.69 Å². The smallest absolute Gasteiger partial charge is 0.301 e. The topological polar surface area (TPSA) is 69.6 Å². The summed E-state index contributed by atoms with van der Waals surface area (Å²) in [5, 5.41) is 9.75. The second kappa shape index (κ2) is 6.09. The highest BCUT2D eigenvalue weighted by Crippen LogP contribution is 2.23. The molecule has 0 aromatic heterocycles. The summed E-state index contributed by atoms with van der Waals surface area (Å²) < 4.78 is 28.4. The molecule has 1 fully saturated rings. The molecule has 1 unspecified atom stereocenters.